The molecule has 28 heavy (non-hydrogen) atoms. The molecule has 2 aliphatic rings. The van der Waals surface area contributed by atoms with E-state index in [0.717, 1.165) is 25.6 Å². The van der Waals surface area contributed by atoms with Crippen molar-refractivity contribution in [1.29, 1.82) is 0 Å². The van der Waals surface area contributed by atoms with Crippen LogP contribution >= 0.6 is 0 Å². The van der Waals surface area contributed by atoms with Crippen LogP contribution < -0.4 is 10.6 Å². The summed E-state index contributed by atoms with van der Waals surface area (Å²) in [7, 11) is 2.23. The minimum Gasteiger partial charge on any atom is -0.357 e. The van der Waals surface area contributed by atoms with E-state index < -0.39 is 0 Å². The molecule has 5 nitrogen and oxygen atoms in total. The molecule has 0 amide bonds. The van der Waals surface area contributed by atoms with Crippen molar-refractivity contribution < 1.29 is 0 Å². The van der Waals surface area contributed by atoms with Crippen LogP contribution in [0.25, 0.3) is 0 Å². The zero-order chi connectivity index (χ0) is 19.6. The van der Waals surface area contributed by atoms with Gasteiger partial charge in [-0.15, -0.1) is 0 Å². The van der Waals surface area contributed by atoms with Crippen LogP contribution in [0.3, 0.4) is 0 Å². The third-order valence-corrected chi connectivity index (χ3v) is 5.95. The Morgan fingerprint density at radius 3 is 2.46 bits per heavy atom. The molecule has 156 valence electrons. The fourth-order valence-electron chi connectivity index (χ4n) is 4.20. The first-order valence-electron chi connectivity index (χ1n) is 11.3. The second kappa shape index (κ2) is 11.4. The number of hydrogen-bond donors (Lipinski definition) is 2. The van der Waals surface area contributed by atoms with Gasteiger partial charge in [-0.3, -0.25) is 4.90 Å². The average Bonchev–Trinajstić information content (AvgIpc) is 2.92. The number of likely N-dealkylation sites (N-methyl/N-ethyl adjacent to an activating group) is 1. The Morgan fingerprint density at radius 1 is 0.964 bits per heavy atom. The lowest BCUT2D eigenvalue weighted by Crippen LogP contribution is -2.44. The topological polar surface area (TPSA) is 42.9 Å². The van der Waals surface area contributed by atoms with Gasteiger partial charge in [-0.2, -0.15) is 0 Å². The molecule has 2 fully saturated rings. The lowest BCUT2D eigenvalue weighted by atomic mass is 9.96. The largest absolute Gasteiger partial charge is 0.357 e. The Labute approximate surface area is 171 Å². The van der Waals surface area contributed by atoms with Gasteiger partial charge in [0.15, 0.2) is 5.96 Å². The first kappa shape index (κ1) is 21.1. The first-order chi connectivity index (χ1) is 13.7. The third-order valence-electron chi connectivity index (χ3n) is 5.95. The summed E-state index contributed by atoms with van der Waals surface area (Å²) in [5.41, 5.74) is 2.68. The Kier molecular flexibility index (Phi) is 8.62. The number of nitrogens with zero attached hydrogens (tertiary/aromatic N) is 3. The summed E-state index contributed by atoms with van der Waals surface area (Å²) >= 11 is 0. The van der Waals surface area contributed by atoms with Crippen LogP contribution in [0.5, 0.6) is 0 Å². The molecule has 1 saturated heterocycles. The summed E-state index contributed by atoms with van der Waals surface area (Å²) in [6, 6.07) is 9.63. The van der Waals surface area contributed by atoms with E-state index in [1.165, 1.54) is 75.8 Å². The van der Waals surface area contributed by atoms with Gasteiger partial charge in [0.05, 0.1) is 6.54 Å². The summed E-state index contributed by atoms with van der Waals surface area (Å²) in [4.78, 5) is 9.83. The van der Waals surface area contributed by atoms with Gasteiger partial charge in [0.1, 0.15) is 0 Å². The van der Waals surface area contributed by atoms with Gasteiger partial charge >= 0.3 is 0 Å². The maximum Gasteiger partial charge on any atom is 0.191 e. The van der Waals surface area contributed by atoms with Crippen molar-refractivity contribution >= 4 is 5.96 Å². The van der Waals surface area contributed by atoms with Gasteiger partial charge < -0.3 is 15.5 Å². The molecular formula is C23H39N5. The predicted octanol–water partition coefficient (Wildman–Crippen LogP) is 3.21. The van der Waals surface area contributed by atoms with Crippen LogP contribution in [0.1, 0.15) is 56.6 Å². The zero-order valence-corrected chi connectivity index (χ0v) is 17.9. The summed E-state index contributed by atoms with van der Waals surface area (Å²) in [6.45, 7) is 9.59. The SMILES string of the molecule is CCNC(=NCc1ccc(CN2CCCN(C)CC2)cc1)NC1CCCCC1. The van der Waals surface area contributed by atoms with Crippen LogP contribution in [0.4, 0.5) is 0 Å². The predicted molar refractivity (Wildman–Crippen MR) is 119 cm³/mol. The number of aliphatic imine (C=N–C) groups is 1. The molecule has 1 aliphatic carbocycles. The van der Waals surface area contributed by atoms with E-state index in [2.05, 4.69) is 58.7 Å². The average molecular weight is 386 g/mol. The van der Waals surface area contributed by atoms with E-state index in [0.29, 0.717) is 6.04 Å². The highest BCUT2D eigenvalue weighted by molar-refractivity contribution is 5.80. The maximum absolute atomic E-state index is 4.82. The number of hydrogen-bond acceptors (Lipinski definition) is 3. The number of rotatable bonds is 6. The van der Waals surface area contributed by atoms with Crippen molar-refractivity contribution in [2.45, 2.75) is 64.6 Å². The fraction of sp³-hybridized carbons (Fsp3) is 0.696. The standard InChI is InChI=1S/C23H39N5/c1-3-24-23(26-22-8-5-4-6-9-22)25-18-20-10-12-21(13-11-20)19-28-15-7-14-27(2)16-17-28/h10-13,22H,3-9,14-19H2,1-2H3,(H2,24,25,26). The molecule has 0 radical (unpaired) electrons. The molecule has 1 saturated carbocycles. The molecular weight excluding hydrogens is 346 g/mol. The Bertz CT molecular complexity index is 592. The smallest absolute Gasteiger partial charge is 0.191 e. The van der Waals surface area contributed by atoms with Gasteiger partial charge in [0.25, 0.3) is 0 Å². The highest BCUT2D eigenvalue weighted by atomic mass is 15.2. The molecule has 1 aliphatic heterocycles. The van der Waals surface area contributed by atoms with Gasteiger partial charge in [-0.1, -0.05) is 43.5 Å². The highest BCUT2D eigenvalue weighted by Gasteiger charge is 2.14. The van der Waals surface area contributed by atoms with Crippen molar-refractivity contribution in [3.05, 3.63) is 35.4 Å². The van der Waals surface area contributed by atoms with E-state index in [-0.39, 0.29) is 0 Å². The van der Waals surface area contributed by atoms with Crippen LogP contribution in [0, 0.1) is 0 Å². The lowest BCUT2D eigenvalue weighted by molar-refractivity contribution is 0.269. The summed E-state index contributed by atoms with van der Waals surface area (Å²) in [6.07, 6.45) is 7.87. The molecule has 1 aromatic rings. The molecule has 0 unspecified atom stereocenters. The van der Waals surface area contributed by atoms with Gasteiger partial charge in [-0.25, -0.2) is 4.99 Å². The number of nitrogens with one attached hydrogen (secondary N) is 2. The lowest BCUT2D eigenvalue weighted by Gasteiger charge is -2.24. The van der Waals surface area contributed by atoms with E-state index in [1.54, 1.807) is 0 Å². The van der Waals surface area contributed by atoms with Crippen LogP contribution in [-0.2, 0) is 13.1 Å². The maximum atomic E-state index is 4.82. The third kappa shape index (κ3) is 7.10. The van der Waals surface area contributed by atoms with E-state index in [1.807, 2.05) is 0 Å². The molecule has 1 aromatic carbocycles. The van der Waals surface area contributed by atoms with E-state index in [9.17, 15) is 0 Å². The van der Waals surface area contributed by atoms with Crippen molar-refractivity contribution in [3.8, 4) is 0 Å². The first-order valence-corrected chi connectivity index (χ1v) is 11.3. The summed E-state index contributed by atoms with van der Waals surface area (Å²) < 4.78 is 0. The molecule has 5 heteroatoms. The molecule has 0 atom stereocenters. The molecule has 0 aromatic heterocycles. The molecule has 0 spiro atoms. The number of benzene rings is 1. The summed E-state index contributed by atoms with van der Waals surface area (Å²) in [5.74, 6) is 0.965. The molecule has 2 N–H and O–H groups in total. The minimum atomic E-state index is 0.585. The van der Waals surface area contributed by atoms with Crippen molar-refractivity contribution in [3.63, 3.8) is 0 Å². The van der Waals surface area contributed by atoms with Crippen LogP contribution in [0.15, 0.2) is 29.3 Å². The monoisotopic (exact) mass is 385 g/mol. The minimum absolute atomic E-state index is 0.585. The van der Waals surface area contributed by atoms with Gasteiger partial charge in [-0.05, 0) is 57.5 Å². The highest BCUT2D eigenvalue weighted by Crippen LogP contribution is 2.17. The zero-order valence-electron chi connectivity index (χ0n) is 17.9. The second-order valence-corrected chi connectivity index (χ2v) is 8.42. The van der Waals surface area contributed by atoms with E-state index >= 15 is 0 Å². The molecule has 3 rings (SSSR count). The molecule has 1 heterocycles. The Morgan fingerprint density at radius 2 is 1.71 bits per heavy atom. The van der Waals surface area contributed by atoms with Crippen molar-refractivity contribution in [1.82, 2.24) is 20.4 Å². The summed E-state index contributed by atoms with van der Waals surface area (Å²) in [5, 5.41) is 7.03. The Hall–Kier alpha value is -1.59. The van der Waals surface area contributed by atoms with Crippen molar-refractivity contribution in [2.75, 3.05) is 39.8 Å². The van der Waals surface area contributed by atoms with Gasteiger partial charge in [0, 0.05) is 32.2 Å². The number of guanidine groups is 1. The molecule has 0 bridgehead atoms. The Balaban J connectivity index is 1.50. The van der Waals surface area contributed by atoms with Crippen molar-refractivity contribution in [2.24, 2.45) is 4.99 Å². The second-order valence-electron chi connectivity index (χ2n) is 8.42. The van der Waals surface area contributed by atoms with Gasteiger partial charge in [0.2, 0.25) is 0 Å². The fourth-order valence-corrected chi connectivity index (χ4v) is 4.20. The quantitative estimate of drug-likeness (QED) is 0.583. The van der Waals surface area contributed by atoms with Crippen LogP contribution in [-0.4, -0.2) is 61.6 Å². The normalized spacial score (nSPS) is 20.7. The van der Waals surface area contributed by atoms with E-state index in [4.69, 9.17) is 4.99 Å². The van der Waals surface area contributed by atoms with Crippen LogP contribution in [0.2, 0.25) is 0 Å².